The SMILES string of the molecule is CCC#CCC.CN=C(/C=C\C(C)=O)c1ccc(F)c(F)n1. The Morgan fingerprint density at radius 3 is 2.23 bits per heavy atom. The van der Waals surface area contributed by atoms with Gasteiger partial charge in [0.15, 0.2) is 11.6 Å². The molecule has 0 aliphatic rings. The fraction of sp³-hybridized carbons (Fsp3) is 0.353. The molecular formula is C17H20F2N2O. The summed E-state index contributed by atoms with van der Waals surface area (Å²) in [5, 5.41) is 0. The maximum Gasteiger partial charge on any atom is 0.249 e. The number of hydrogen-bond acceptors (Lipinski definition) is 3. The van der Waals surface area contributed by atoms with E-state index in [1.54, 1.807) is 0 Å². The molecule has 3 nitrogen and oxygen atoms in total. The van der Waals surface area contributed by atoms with Gasteiger partial charge in [0.05, 0.1) is 11.4 Å². The molecule has 0 unspecified atom stereocenters. The number of pyridine rings is 1. The Morgan fingerprint density at radius 1 is 1.23 bits per heavy atom. The Hall–Kier alpha value is -2.35. The molecule has 1 rings (SSSR count). The van der Waals surface area contributed by atoms with E-state index < -0.39 is 11.8 Å². The van der Waals surface area contributed by atoms with Gasteiger partial charge in [-0.3, -0.25) is 9.79 Å². The van der Waals surface area contributed by atoms with Crippen LogP contribution >= 0.6 is 0 Å². The molecule has 0 radical (unpaired) electrons. The first-order valence-corrected chi connectivity index (χ1v) is 6.89. The van der Waals surface area contributed by atoms with Crippen LogP contribution in [0.25, 0.3) is 0 Å². The number of carbonyl (C=O) groups is 1. The molecule has 0 saturated heterocycles. The molecule has 22 heavy (non-hydrogen) atoms. The standard InChI is InChI=1S/C11H10F2N2O.C6H10/c1-7(16)3-5-9(14-2)10-6-4-8(12)11(13)15-10;1-3-5-6-4-2/h3-6H,1-2H3;3-4H2,1-2H3/b5-3-,14-9?;. The minimum atomic E-state index is -1.19. The largest absolute Gasteiger partial charge is 0.295 e. The maximum atomic E-state index is 12.8. The molecule has 0 bridgehead atoms. The van der Waals surface area contributed by atoms with Gasteiger partial charge in [0.2, 0.25) is 5.95 Å². The van der Waals surface area contributed by atoms with E-state index >= 15 is 0 Å². The fourth-order valence-corrected chi connectivity index (χ4v) is 1.28. The topological polar surface area (TPSA) is 42.3 Å². The zero-order valence-corrected chi connectivity index (χ0v) is 13.3. The number of carbonyl (C=O) groups excluding carboxylic acids is 1. The molecule has 5 heteroatoms. The second kappa shape index (κ2) is 11.3. The van der Waals surface area contributed by atoms with Gasteiger partial charge < -0.3 is 0 Å². The summed E-state index contributed by atoms with van der Waals surface area (Å²) in [6.07, 6.45) is 4.68. The second-order valence-electron chi connectivity index (χ2n) is 4.08. The minimum Gasteiger partial charge on any atom is -0.295 e. The Kier molecular flexibility index (Phi) is 10.1. The van der Waals surface area contributed by atoms with Crippen LogP contribution in [0.15, 0.2) is 29.3 Å². The number of halogens is 2. The van der Waals surface area contributed by atoms with Crippen molar-refractivity contribution in [2.45, 2.75) is 33.6 Å². The zero-order valence-electron chi connectivity index (χ0n) is 13.3. The number of aliphatic imine (C=N–C) groups is 1. The Morgan fingerprint density at radius 2 is 1.82 bits per heavy atom. The molecule has 0 amide bonds. The van der Waals surface area contributed by atoms with Crippen molar-refractivity contribution in [2.24, 2.45) is 4.99 Å². The van der Waals surface area contributed by atoms with Gasteiger partial charge in [0.1, 0.15) is 0 Å². The molecule has 0 N–H and O–H groups in total. The predicted octanol–water partition coefficient (Wildman–Crippen LogP) is 3.73. The Balaban J connectivity index is 0.000000626. The highest BCUT2D eigenvalue weighted by Gasteiger charge is 2.07. The normalized spacial score (nSPS) is 10.5. The van der Waals surface area contributed by atoms with Crippen LogP contribution in [0.2, 0.25) is 0 Å². The van der Waals surface area contributed by atoms with Gasteiger partial charge in [-0.25, -0.2) is 9.37 Å². The van der Waals surface area contributed by atoms with E-state index in [1.807, 2.05) is 0 Å². The van der Waals surface area contributed by atoms with Crippen molar-refractivity contribution in [3.05, 3.63) is 41.7 Å². The minimum absolute atomic E-state index is 0.163. The molecule has 118 valence electrons. The first-order valence-electron chi connectivity index (χ1n) is 6.89. The van der Waals surface area contributed by atoms with Gasteiger partial charge in [0.25, 0.3) is 0 Å². The summed E-state index contributed by atoms with van der Waals surface area (Å²) < 4.78 is 25.5. The van der Waals surface area contributed by atoms with E-state index in [0.29, 0.717) is 5.71 Å². The summed E-state index contributed by atoms with van der Waals surface area (Å²) >= 11 is 0. The van der Waals surface area contributed by atoms with Crippen LogP contribution in [0, 0.1) is 23.6 Å². The van der Waals surface area contributed by atoms with Crippen molar-refractivity contribution >= 4 is 11.5 Å². The number of ketones is 1. The van der Waals surface area contributed by atoms with Gasteiger partial charge in [-0.05, 0) is 31.2 Å². The zero-order chi connectivity index (χ0) is 17.0. The molecule has 0 aliphatic heterocycles. The van der Waals surface area contributed by atoms with E-state index in [-0.39, 0.29) is 11.5 Å². The van der Waals surface area contributed by atoms with Crippen LogP contribution in [0.5, 0.6) is 0 Å². The number of nitrogens with zero attached hydrogens (tertiary/aromatic N) is 2. The van der Waals surface area contributed by atoms with Gasteiger partial charge in [0, 0.05) is 19.9 Å². The lowest BCUT2D eigenvalue weighted by molar-refractivity contribution is -0.112. The first-order chi connectivity index (χ1) is 10.5. The van der Waals surface area contributed by atoms with E-state index in [2.05, 4.69) is 35.7 Å². The molecule has 0 atom stereocenters. The summed E-state index contributed by atoms with van der Waals surface area (Å²) in [6, 6.07) is 2.26. The molecule has 1 aromatic rings. The lowest BCUT2D eigenvalue weighted by atomic mass is 10.2. The van der Waals surface area contributed by atoms with Crippen LogP contribution < -0.4 is 0 Å². The molecule has 0 spiro atoms. The average Bonchev–Trinajstić information content (AvgIpc) is 2.49. The Labute approximate surface area is 130 Å². The van der Waals surface area contributed by atoms with Gasteiger partial charge in [-0.15, -0.1) is 11.8 Å². The van der Waals surface area contributed by atoms with Gasteiger partial charge in [-0.1, -0.05) is 13.8 Å². The summed E-state index contributed by atoms with van der Waals surface area (Å²) in [5.41, 5.74) is 0.494. The number of aromatic nitrogens is 1. The van der Waals surface area contributed by atoms with Crippen LogP contribution in [-0.4, -0.2) is 23.5 Å². The van der Waals surface area contributed by atoms with Crippen molar-refractivity contribution in [1.29, 1.82) is 0 Å². The van der Waals surface area contributed by atoms with Gasteiger partial charge in [-0.2, -0.15) is 4.39 Å². The highest BCUT2D eigenvalue weighted by atomic mass is 19.2. The number of allylic oxidation sites excluding steroid dienone is 2. The van der Waals surface area contributed by atoms with E-state index in [1.165, 1.54) is 32.2 Å². The van der Waals surface area contributed by atoms with Crippen LogP contribution in [0.4, 0.5) is 8.78 Å². The van der Waals surface area contributed by atoms with E-state index in [0.717, 1.165) is 18.9 Å². The lowest BCUT2D eigenvalue weighted by Gasteiger charge is -2.00. The lowest BCUT2D eigenvalue weighted by Crippen LogP contribution is -2.04. The highest BCUT2D eigenvalue weighted by Crippen LogP contribution is 2.06. The van der Waals surface area contributed by atoms with E-state index in [4.69, 9.17) is 0 Å². The molecule has 1 aromatic heterocycles. The molecule has 0 aromatic carbocycles. The van der Waals surface area contributed by atoms with Crippen molar-refractivity contribution in [1.82, 2.24) is 4.98 Å². The summed E-state index contributed by atoms with van der Waals surface area (Å²) in [4.78, 5) is 17.9. The summed E-state index contributed by atoms with van der Waals surface area (Å²) in [6.45, 7) is 5.49. The summed E-state index contributed by atoms with van der Waals surface area (Å²) in [7, 11) is 1.47. The fourth-order valence-electron chi connectivity index (χ4n) is 1.28. The second-order valence-corrected chi connectivity index (χ2v) is 4.08. The maximum absolute atomic E-state index is 12.8. The van der Waals surface area contributed by atoms with Crippen molar-refractivity contribution in [3.8, 4) is 11.8 Å². The first kappa shape index (κ1) is 19.7. The molecule has 0 aliphatic carbocycles. The quantitative estimate of drug-likeness (QED) is 0.369. The third-order valence-corrected chi connectivity index (χ3v) is 2.26. The predicted molar refractivity (Wildman–Crippen MR) is 84.8 cm³/mol. The van der Waals surface area contributed by atoms with Crippen LogP contribution in [0.3, 0.4) is 0 Å². The third kappa shape index (κ3) is 8.05. The Bertz CT molecular complexity index is 603. The molecule has 0 fully saturated rings. The average molecular weight is 306 g/mol. The van der Waals surface area contributed by atoms with Crippen LogP contribution in [-0.2, 0) is 4.79 Å². The van der Waals surface area contributed by atoms with Gasteiger partial charge >= 0.3 is 0 Å². The smallest absolute Gasteiger partial charge is 0.249 e. The highest BCUT2D eigenvalue weighted by molar-refractivity contribution is 6.09. The molecule has 1 heterocycles. The van der Waals surface area contributed by atoms with Crippen molar-refractivity contribution in [2.75, 3.05) is 7.05 Å². The van der Waals surface area contributed by atoms with Crippen molar-refractivity contribution in [3.63, 3.8) is 0 Å². The van der Waals surface area contributed by atoms with Crippen molar-refractivity contribution < 1.29 is 13.6 Å². The monoisotopic (exact) mass is 306 g/mol. The number of rotatable bonds is 3. The third-order valence-electron chi connectivity index (χ3n) is 2.26. The molecular weight excluding hydrogens is 286 g/mol. The number of hydrogen-bond donors (Lipinski definition) is 0. The van der Waals surface area contributed by atoms with Crippen LogP contribution in [0.1, 0.15) is 39.3 Å². The van der Waals surface area contributed by atoms with E-state index in [9.17, 15) is 13.6 Å². The molecule has 0 saturated carbocycles. The summed E-state index contributed by atoms with van der Waals surface area (Å²) in [5.74, 6) is 3.53.